The minimum absolute atomic E-state index is 0.253. The lowest BCUT2D eigenvalue weighted by atomic mass is 9.63. The molecule has 0 radical (unpaired) electrons. The van der Waals surface area contributed by atoms with Gasteiger partial charge in [0, 0.05) is 0 Å². The molecule has 0 saturated heterocycles. The third-order valence-corrected chi connectivity index (χ3v) is 5.81. The summed E-state index contributed by atoms with van der Waals surface area (Å²) in [4.78, 5) is 0. The molecule has 1 aliphatic rings. The van der Waals surface area contributed by atoms with Gasteiger partial charge < -0.3 is 4.74 Å². The minimum Gasteiger partial charge on any atom is -0.497 e. The Balaban J connectivity index is 1.98. The molecule has 0 aliphatic heterocycles. The summed E-state index contributed by atoms with van der Waals surface area (Å²) in [5.74, 6) is 0.898. The summed E-state index contributed by atoms with van der Waals surface area (Å²) in [6, 6.07) is 15.3. The first-order valence-electron chi connectivity index (χ1n) is 9.21. The number of methoxy groups -OCH3 is 1. The number of allylic oxidation sites excluding steroid dienone is 1. The molecule has 0 fully saturated rings. The number of fused-ring (bicyclic) bond motifs is 1. The van der Waals surface area contributed by atoms with Crippen molar-refractivity contribution in [2.45, 2.75) is 58.3 Å². The monoisotopic (exact) mass is 334 g/mol. The average molecular weight is 335 g/mol. The van der Waals surface area contributed by atoms with Crippen molar-refractivity contribution in [2.24, 2.45) is 0 Å². The van der Waals surface area contributed by atoms with Gasteiger partial charge in [0.25, 0.3) is 0 Å². The van der Waals surface area contributed by atoms with Crippen molar-refractivity contribution >= 4 is 11.6 Å². The van der Waals surface area contributed by atoms with E-state index in [-0.39, 0.29) is 10.8 Å². The second-order valence-electron chi connectivity index (χ2n) is 8.63. The fraction of sp³-hybridized carbons (Fsp3) is 0.417. The van der Waals surface area contributed by atoms with Gasteiger partial charge in [-0.1, -0.05) is 64.1 Å². The first-order valence-corrected chi connectivity index (χ1v) is 9.21. The van der Waals surface area contributed by atoms with E-state index < -0.39 is 0 Å². The minimum atomic E-state index is 0.253. The van der Waals surface area contributed by atoms with Crippen molar-refractivity contribution in [3.8, 4) is 5.75 Å². The zero-order valence-corrected chi connectivity index (χ0v) is 16.4. The van der Waals surface area contributed by atoms with E-state index in [9.17, 15) is 0 Å². The summed E-state index contributed by atoms with van der Waals surface area (Å²) in [7, 11) is 1.70. The van der Waals surface area contributed by atoms with Crippen LogP contribution in [0.4, 0.5) is 0 Å². The molecule has 0 heterocycles. The topological polar surface area (TPSA) is 9.23 Å². The van der Waals surface area contributed by atoms with Crippen LogP contribution in [-0.4, -0.2) is 7.11 Å². The highest BCUT2D eigenvalue weighted by Gasteiger charge is 2.36. The zero-order valence-electron chi connectivity index (χ0n) is 16.4. The van der Waals surface area contributed by atoms with Crippen LogP contribution < -0.4 is 4.74 Å². The Morgan fingerprint density at radius 2 is 1.48 bits per heavy atom. The molecule has 25 heavy (non-hydrogen) atoms. The maximum Gasteiger partial charge on any atom is 0.118 e. The highest BCUT2D eigenvalue weighted by Crippen LogP contribution is 2.46. The molecular formula is C24H30O. The Labute approximate surface area is 152 Å². The van der Waals surface area contributed by atoms with E-state index in [1.165, 1.54) is 40.7 Å². The van der Waals surface area contributed by atoms with Gasteiger partial charge in [-0.05, 0) is 70.6 Å². The third-order valence-electron chi connectivity index (χ3n) is 5.81. The lowest BCUT2D eigenvalue weighted by Crippen LogP contribution is -2.33. The van der Waals surface area contributed by atoms with Gasteiger partial charge in [0.1, 0.15) is 5.75 Å². The fourth-order valence-electron chi connectivity index (χ4n) is 3.88. The van der Waals surface area contributed by atoms with Crippen LogP contribution in [0, 0.1) is 0 Å². The quantitative estimate of drug-likeness (QED) is 0.574. The van der Waals surface area contributed by atoms with Crippen molar-refractivity contribution in [3.05, 3.63) is 64.7 Å². The molecule has 2 aromatic carbocycles. The molecule has 1 aliphatic carbocycles. The molecule has 0 spiro atoms. The Morgan fingerprint density at radius 3 is 2.08 bits per heavy atom. The highest BCUT2D eigenvalue weighted by atomic mass is 16.5. The number of hydrogen-bond donors (Lipinski definition) is 0. The molecule has 1 nitrogen and oxygen atoms in total. The van der Waals surface area contributed by atoms with Gasteiger partial charge in [-0.25, -0.2) is 0 Å². The normalized spacial score (nSPS) is 18.6. The number of ether oxygens (including phenoxy) is 1. The van der Waals surface area contributed by atoms with Crippen molar-refractivity contribution in [1.82, 2.24) is 0 Å². The van der Waals surface area contributed by atoms with Crippen LogP contribution in [0.5, 0.6) is 5.75 Å². The van der Waals surface area contributed by atoms with Gasteiger partial charge in [0.15, 0.2) is 0 Å². The smallest absolute Gasteiger partial charge is 0.118 e. The van der Waals surface area contributed by atoms with Crippen LogP contribution in [0.2, 0.25) is 0 Å². The van der Waals surface area contributed by atoms with E-state index in [2.05, 4.69) is 71.0 Å². The summed E-state index contributed by atoms with van der Waals surface area (Å²) in [5.41, 5.74) is 7.36. The van der Waals surface area contributed by atoms with Crippen molar-refractivity contribution in [3.63, 3.8) is 0 Å². The van der Waals surface area contributed by atoms with Gasteiger partial charge in [0.05, 0.1) is 7.11 Å². The molecule has 132 valence electrons. The van der Waals surface area contributed by atoms with Crippen molar-refractivity contribution in [2.75, 3.05) is 7.11 Å². The van der Waals surface area contributed by atoms with E-state index in [1.54, 1.807) is 7.11 Å². The second kappa shape index (κ2) is 6.37. The lowest BCUT2D eigenvalue weighted by molar-refractivity contribution is 0.332. The molecule has 2 aromatic rings. The first kappa shape index (κ1) is 17.8. The largest absolute Gasteiger partial charge is 0.497 e. The molecule has 1 heteroatoms. The second-order valence-corrected chi connectivity index (χ2v) is 8.63. The lowest BCUT2D eigenvalue weighted by Gasteiger charge is -2.42. The van der Waals surface area contributed by atoms with Gasteiger partial charge in [-0.2, -0.15) is 0 Å². The Bertz CT molecular complexity index is 791. The molecule has 0 unspecified atom stereocenters. The standard InChI is InChI=1S/C24H30O/c1-17(19-8-10-20(25-6)11-9-19)15-18-7-12-21-22(16-18)24(4,5)14-13-23(21,2)3/h7-12,15-16H,13-14H2,1-6H3. The summed E-state index contributed by atoms with van der Waals surface area (Å²) in [6.45, 7) is 11.7. The van der Waals surface area contributed by atoms with E-state index in [0.717, 1.165) is 5.75 Å². The van der Waals surface area contributed by atoms with Gasteiger partial charge in [-0.3, -0.25) is 0 Å². The Morgan fingerprint density at radius 1 is 0.880 bits per heavy atom. The molecule has 0 aromatic heterocycles. The molecule has 0 bridgehead atoms. The zero-order chi connectivity index (χ0) is 18.2. The predicted molar refractivity (Wildman–Crippen MR) is 108 cm³/mol. The van der Waals surface area contributed by atoms with Gasteiger partial charge >= 0.3 is 0 Å². The van der Waals surface area contributed by atoms with E-state index in [0.29, 0.717) is 0 Å². The van der Waals surface area contributed by atoms with Crippen molar-refractivity contribution < 1.29 is 4.74 Å². The molecule has 0 amide bonds. The summed E-state index contributed by atoms with van der Waals surface area (Å²) in [5, 5.41) is 0. The van der Waals surface area contributed by atoms with Gasteiger partial charge in [-0.15, -0.1) is 0 Å². The molecule has 0 saturated carbocycles. The summed E-state index contributed by atoms with van der Waals surface area (Å²) in [6.07, 6.45) is 4.80. The SMILES string of the molecule is COc1ccc(C(C)=Cc2ccc3c(c2)C(C)(C)CCC3(C)C)cc1. The maximum absolute atomic E-state index is 5.25. The molecule has 3 rings (SSSR count). The van der Waals surface area contributed by atoms with E-state index in [1.807, 2.05) is 12.1 Å². The average Bonchev–Trinajstić information content (AvgIpc) is 2.59. The number of hydrogen-bond acceptors (Lipinski definition) is 1. The molecular weight excluding hydrogens is 304 g/mol. The van der Waals surface area contributed by atoms with Crippen LogP contribution in [0.3, 0.4) is 0 Å². The van der Waals surface area contributed by atoms with Crippen LogP contribution in [0.1, 0.15) is 69.7 Å². The van der Waals surface area contributed by atoms with Crippen LogP contribution in [0.15, 0.2) is 42.5 Å². The number of rotatable bonds is 3. The van der Waals surface area contributed by atoms with Crippen LogP contribution >= 0.6 is 0 Å². The third kappa shape index (κ3) is 3.51. The van der Waals surface area contributed by atoms with E-state index >= 15 is 0 Å². The summed E-state index contributed by atoms with van der Waals surface area (Å²) < 4.78 is 5.25. The Hall–Kier alpha value is -2.02. The molecule has 0 atom stereocenters. The Kier molecular flexibility index (Phi) is 4.53. The highest BCUT2D eigenvalue weighted by molar-refractivity contribution is 5.80. The summed E-state index contributed by atoms with van der Waals surface area (Å²) >= 11 is 0. The maximum atomic E-state index is 5.25. The van der Waals surface area contributed by atoms with E-state index in [4.69, 9.17) is 4.74 Å². The van der Waals surface area contributed by atoms with Crippen LogP contribution in [-0.2, 0) is 10.8 Å². The predicted octanol–water partition coefficient (Wildman–Crippen LogP) is 6.60. The first-order chi connectivity index (χ1) is 11.7. The number of benzene rings is 2. The van der Waals surface area contributed by atoms with Crippen LogP contribution in [0.25, 0.3) is 11.6 Å². The van der Waals surface area contributed by atoms with Gasteiger partial charge in [0.2, 0.25) is 0 Å². The van der Waals surface area contributed by atoms with Crippen molar-refractivity contribution in [1.29, 1.82) is 0 Å². The fourth-order valence-corrected chi connectivity index (χ4v) is 3.88. The molecule has 0 N–H and O–H groups in total.